The molecular weight excluding hydrogens is 708 g/mol. The first-order valence-electron chi connectivity index (χ1n) is 23.3. The Morgan fingerprint density at radius 3 is 1.02 bits per heavy atom. The van der Waals surface area contributed by atoms with Crippen molar-refractivity contribution in [1.82, 2.24) is 0 Å². The minimum absolute atomic E-state index is 0.161. The van der Waals surface area contributed by atoms with E-state index in [1.807, 2.05) is 16.3 Å². The maximum Gasteiger partial charge on any atom is 0.117 e. The Kier molecular flexibility index (Phi) is 10.5. The summed E-state index contributed by atoms with van der Waals surface area (Å²) in [5.74, 6) is 0. The Morgan fingerprint density at radius 1 is 0.429 bits per heavy atom. The van der Waals surface area contributed by atoms with E-state index in [2.05, 4.69) is 153 Å². The monoisotopic (exact) mass is 787 g/mol. The first-order valence-corrected chi connectivity index (χ1v) is 26.6. The molecule has 0 saturated carbocycles. The molecule has 0 heterocycles. The summed E-state index contributed by atoms with van der Waals surface area (Å²) in [4.78, 5) is 0. The van der Waals surface area contributed by atoms with Crippen molar-refractivity contribution in [3.8, 4) is 0 Å². The van der Waals surface area contributed by atoms with Crippen LogP contribution in [0.2, 0.25) is 0 Å². The third kappa shape index (κ3) is 5.75. The van der Waals surface area contributed by atoms with Gasteiger partial charge in [0.15, 0.2) is 0 Å². The van der Waals surface area contributed by atoms with Crippen molar-refractivity contribution in [1.29, 1.82) is 0 Å². The van der Waals surface area contributed by atoms with Gasteiger partial charge in [-0.25, -0.2) is 0 Å². The van der Waals surface area contributed by atoms with Crippen LogP contribution in [0.25, 0.3) is 0 Å². The van der Waals surface area contributed by atoms with Gasteiger partial charge in [-0.05, 0) is 175 Å². The van der Waals surface area contributed by atoms with Crippen LogP contribution >= 0.6 is 7.72 Å². The highest BCUT2D eigenvalue weighted by Gasteiger charge is 2.56. The van der Waals surface area contributed by atoms with E-state index in [0.717, 1.165) is 0 Å². The highest BCUT2D eigenvalue weighted by Crippen LogP contribution is 2.61. The molecule has 0 fully saturated rings. The van der Waals surface area contributed by atoms with E-state index in [9.17, 15) is 0 Å². The Hall–Kier alpha value is -1.82. The minimum atomic E-state index is -1.35. The molecule has 0 aromatic heterocycles. The lowest BCUT2D eigenvalue weighted by atomic mass is 9.72. The van der Waals surface area contributed by atoms with Gasteiger partial charge in [-0.3, -0.25) is 0 Å². The van der Waals surface area contributed by atoms with Gasteiger partial charge in [-0.2, -0.15) is 0 Å². The molecule has 3 aromatic rings. The average Bonchev–Trinajstić information content (AvgIpc) is 3.76. The van der Waals surface area contributed by atoms with Crippen LogP contribution in [0.3, 0.4) is 0 Å². The molecular formula is C54H79PSi. The summed E-state index contributed by atoms with van der Waals surface area (Å²) in [7, 11) is 0.273. The molecule has 0 nitrogen and oxygen atoms in total. The molecule has 0 saturated heterocycles. The standard InChI is InChI=1S/C54H79PSi/c1-17-51(18-2)32-47(9,10)37-30-38-42(52(19-3,20-4)33-48(38,11)12)45(41(37)51)55-56(36-28-26-25-27-29-36)46-43-39(49(13,14)34-53(43,21-5)22-6)31-40-44(46)54(23-7,24-8)35-50(40,15)16/h25-31H,17-24,32-35H2,1-16H3. The zero-order valence-corrected chi connectivity index (χ0v) is 40.9. The molecule has 304 valence electrons. The summed E-state index contributed by atoms with van der Waals surface area (Å²) >= 11 is 0. The lowest BCUT2D eigenvalue weighted by Crippen LogP contribution is -2.45. The molecule has 0 radical (unpaired) electrons. The summed E-state index contributed by atoms with van der Waals surface area (Å²) in [6.07, 6.45) is 14.9. The maximum atomic E-state index is 2.82. The number of hydrogen-bond donors (Lipinski definition) is 0. The van der Waals surface area contributed by atoms with E-state index < -0.39 is 8.05 Å². The third-order valence-electron chi connectivity index (χ3n) is 17.7. The van der Waals surface area contributed by atoms with Gasteiger partial charge >= 0.3 is 0 Å². The number of benzene rings is 3. The van der Waals surface area contributed by atoms with Crippen molar-refractivity contribution in [3.05, 3.63) is 87.0 Å². The predicted molar refractivity (Wildman–Crippen MR) is 251 cm³/mol. The molecule has 3 aromatic carbocycles. The van der Waals surface area contributed by atoms with Crippen LogP contribution in [-0.2, 0) is 43.3 Å². The highest BCUT2D eigenvalue weighted by molar-refractivity contribution is 7.63. The first-order chi connectivity index (χ1) is 26.2. The number of hydrogen-bond acceptors (Lipinski definition) is 0. The highest BCUT2D eigenvalue weighted by atomic mass is 31.2. The van der Waals surface area contributed by atoms with Gasteiger partial charge in [0, 0.05) is 5.30 Å². The normalized spacial score (nSPS) is 23.5. The Bertz CT molecular complexity index is 1920. The quantitative estimate of drug-likeness (QED) is 0.134. The van der Waals surface area contributed by atoms with Crippen molar-refractivity contribution in [2.45, 2.75) is 231 Å². The molecule has 0 N–H and O–H groups in total. The molecule has 0 aliphatic heterocycles. The van der Waals surface area contributed by atoms with Gasteiger partial charge in [0.25, 0.3) is 0 Å². The van der Waals surface area contributed by atoms with Crippen molar-refractivity contribution >= 4 is 31.4 Å². The van der Waals surface area contributed by atoms with E-state index in [4.69, 9.17) is 0 Å². The summed E-state index contributed by atoms with van der Waals surface area (Å²) < 4.78 is 0. The van der Waals surface area contributed by atoms with Gasteiger partial charge in [-0.1, -0.05) is 161 Å². The number of fused-ring (bicyclic) bond motifs is 4. The second-order valence-corrected chi connectivity index (χ2v) is 26.6. The Balaban J connectivity index is 1.79. The smallest absolute Gasteiger partial charge is 0.0896 e. The van der Waals surface area contributed by atoms with Crippen LogP contribution in [0.15, 0.2) is 42.5 Å². The van der Waals surface area contributed by atoms with Crippen LogP contribution in [0.5, 0.6) is 0 Å². The number of rotatable bonds is 11. The van der Waals surface area contributed by atoms with E-state index in [0.29, 0.717) is 0 Å². The van der Waals surface area contributed by atoms with Crippen molar-refractivity contribution in [2.24, 2.45) is 0 Å². The fourth-order valence-corrected chi connectivity index (χ4v) is 21.2. The molecule has 0 amide bonds. The van der Waals surface area contributed by atoms with E-state index in [-0.39, 0.29) is 43.3 Å². The topological polar surface area (TPSA) is 0 Å². The SMILES string of the molecule is CCC1(CC)CC(C)(C)c2cc3c(c(P=[Si](c4ccccc4)c4c5c(cc6c4C(CC)(CC)CC6(C)C)C(C)(C)CC5(CC)CC)c21)C(CC)(CC)CC3(C)C. The minimum Gasteiger partial charge on any atom is -0.0896 e. The van der Waals surface area contributed by atoms with Gasteiger partial charge in [0.05, 0.1) is 0 Å². The lowest BCUT2D eigenvalue weighted by Gasteiger charge is -2.37. The summed E-state index contributed by atoms with van der Waals surface area (Å²) in [5, 5.41) is 5.30. The van der Waals surface area contributed by atoms with Crippen LogP contribution in [0.4, 0.5) is 0 Å². The fourth-order valence-electron chi connectivity index (χ4n) is 14.5. The Labute approximate surface area is 348 Å². The third-order valence-corrected chi connectivity index (χ3v) is 23.2. The zero-order valence-electron chi connectivity index (χ0n) is 39.0. The summed E-state index contributed by atoms with van der Waals surface area (Å²) in [6, 6.07) is 17.8. The molecule has 0 atom stereocenters. The Morgan fingerprint density at radius 2 is 0.714 bits per heavy atom. The lowest BCUT2D eigenvalue weighted by molar-refractivity contribution is 0.323. The second-order valence-electron chi connectivity index (χ2n) is 22.2. The molecule has 0 spiro atoms. The second kappa shape index (κ2) is 13.9. The van der Waals surface area contributed by atoms with Crippen LogP contribution in [0, 0.1) is 0 Å². The van der Waals surface area contributed by atoms with Crippen molar-refractivity contribution < 1.29 is 0 Å². The van der Waals surface area contributed by atoms with Gasteiger partial charge in [0.1, 0.15) is 8.05 Å². The largest absolute Gasteiger partial charge is 0.117 e. The molecule has 0 unspecified atom stereocenters. The van der Waals surface area contributed by atoms with Gasteiger partial charge in [0.2, 0.25) is 0 Å². The molecule has 0 bridgehead atoms. The van der Waals surface area contributed by atoms with Gasteiger partial charge < -0.3 is 0 Å². The van der Waals surface area contributed by atoms with Crippen LogP contribution in [0.1, 0.15) is 232 Å². The van der Waals surface area contributed by atoms with Crippen molar-refractivity contribution in [2.75, 3.05) is 0 Å². The summed E-state index contributed by atoms with van der Waals surface area (Å²) in [6.45, 7) is 41.0. The fraction of sp³-hybridized carbons (Fsp3) is 0.667. The van der Waals surface area contributed by atoms with E-state index in [1.165, 1.54) is 77.0 Å². The van der Waals surface area contributed by atoms with Crippen LogP contribution in [-0.4, -0.2) is 8.05 Å². The van der Waals surface area contributed by atoms with E-state index in [1.54, 1.807) is 51.6 Å². The van der Waals surface area contributed by atoms with Crippen molar-refractivity contribution in [3.63, 3.8) is 0 Å². The first kappa shape index (κ1) is 42.3. The molecule has 2 heteroatoms. The average molecular weight is 787 g/mol. The summed E-state index contributed by atoms with van der Waals surface area (Å²) in [5.41, 5.74) is 15.6. The predicted octanol–water partition coefficient (Wildman–Crippen LogP) is 14.0. The van der Waals surface area contributed by atoms with Crippen LogP contribution < -0.4 is 15.7 Å². The van der Waals surface area contributed by atoms with Gasteiger partial charge in [-0.15, -0.1) is 0 Å². The zero-order chi connectivity index (χ0) is 41.1. The molecule has 4 aliphatic rings. The maximum absolute atomic E-state index is 2.82. The van der Waals surface area contributed by atoms with E-state index >= 15 is 0 Å². The molecule has 56 heavy (non-hydrogen) atoms. The molecule has 4 aliphatic carbocycles. The molecule has 7 rings (SSSR count).